The number of carbonyl (C=O) groups excluding carboxylic acids is 3. The molecule has 0 fully saturated rings. The molecule has 14 heteroatoms. The summed E-state index contributed by atoms with van der Waals surface area (Å²) in [5.74, 6) is -1.83. The smallest absolute Gasteiger partial charge is 0.343 e. The van der Waals surface area contributed by atoms with Crippen LogP contribution in [0.15, 0.2) is 0 Å². The van der Waals surface area contributed by atoms with Gasteiger partial charge in [0.05, 0.1) is 50.8 Å². The fourth-order valence-corrected chi connectivity index (χ4v) is 6.54. The number of hydrogen-bond donors (Lipinski definition) is 6. The summed E-state index contributed by atoms with van der Waals surface area (Å²) in [4.78, 5) is 37.1. The van der Waals surface area contributed by atoms with E-state index in [9.17, 15) is 24.6 Å². The number of benzene rings is 1. The van der Waals surface area contributed by atoms with E-state index in [0.717, 1.165) is 0 Å². The van der Waals surface area contributed by atoms with Crippen molar-refractivity contribution < 1.29 is 44.3 Å². The van der Waals surface area contributed by atoms with Gasteiger partial charge in [0.15, 0.2) is 6.61 Å². The molecule has 1 rings (SSSR count). The van der Waals surface area contributed by atoms with Crippen LogP contribution in [0.1, 0.15) is 20.7 Å². The highest BCUT2D eigenvalue weighted by molar-refractivity contribution is 14.1. The largest absolute Gasteiger partial charge is 0.480 e. The average Bonchev–Trinajstić information content (AvgIpc) is 2.74. The van der Waals surface area contributed by atoms with Crippen LogP contribution in [-0.2, 0) is 9.53 Å². The zero-order valence-corrected chi connectivity index (χ0v) is 22.6. The summed E-state index contributed by atoms with van der Waals surface area (Å²) in [7, 11) is 1.19. The van der Waals surface area contributed by atoms with E-state index in [0.29, 0.717) is 7.14 Å². The minimum absolute atomic E-state index is 0.0690. The molecular formula is C17H21I3N2O9. The molecule has 0 radical (unpaired) electrons. The van der Waals surface area contributed by atoms with Gasteiger partial charge in [-0.3, -0.25) is 9.59 Å². The first-order valence-electron chi connectivity index (χ1n) is 8.63. The van der Waals surface area contributed by atoms with Crippen molar-refractivity contribution in [3.8, 4) is 5.75 Å². The lowest BCUT2D eigenvalue weighted by atomic mass is 10.1. The van der Waals surface area contributed by atoms with E-state index in [4.69, 9.17) is 14.9 Å². The molecule has 11 nitrogen and oxygen atoms in total. The predicted octanol–water partition coefficient (Wildman–Crippen LogP) is -0.782. The molecule has 0 saturated heterocycles. The minimum Gasteiger partial charge on any atom is -0.480 e. The Bertz CT molecular complexity index is 770. The summed E-state index contributed by atoms with van der Waals surface area (Å²) in [6.07, 6.45) is -2.33. The second-order valence-corrected chi connectivity index (χ2v) is 9.21. The highest BCUT2D eigenvalue weighted by Gasteiger charge is 2.29. The lowest BCUT2D eigenvalue weighted by molar-refractivity contribution is -0.142. The van der Waals surface area contributed by atoms with Gasteiger partial charge in [-0.1, -0.05) is 0 Å². The van der Waals surface area contributed by atoms with Crippen molar-refractivity contribution in [1.29, 1.82) is 0 Å². The van der Waals surface area contributed by atoms with E-state index < -0.39 is 49.8 Å². The topological polar surface area (TPSA) is 175 Å². The van der Waals surface area contributed by atoms with Crippen molar-refractivity contribution in [2.75, 3.05) is 40.0 Å². The number of ether oxygens (including phenoxy) is 2. The Balaban J connectivity index is 3.44. The number of aliphatic hydroxyl groups is 4. The molecule has 1 aromatic rings. The fourth-order valence-electron chi connectivity index (χ4n) is 2.08. The first kappa shape index (κ1) is 28.5. The summed E-state index contributed by atoms with van der Waals surface area (Å²) < 4.78 is 11.0. The molecule has 0 saturated carbocycles. The van der Waals surface area contributed by atoms with E-state index in [1.54, 1.807) is 0 Å². The summed E-state index contributed by atoms with van der Waals surface area (Å²) in [5.41, 5.74) is 0.138. The van der Waals surface area contributed by atoms with Gasteiger partial charge in [-0.05, 0) is 67.8 Å². The van der Waals surface area contributed by atoms with E-state index in [-0.39, 0.29) is 33.5 Å². The van der Waals surface area contributed by atoms with Gasteiger partial charge in [-0.25, -0.2) is 4.79 Å². The Morgan fingerprint density at radius 2 is 1.29 bits per heavy atom. The zero-order chi connectivity index (χ0) is 23.7. The van der Waals surface area contributed by atoms with Gasteiger partial charge >= 0.3 is 5.97 Å². The van der Waals surface area contributed by atoms with E-state index in [1.807, 2.05) is 67.8 Å². The average molecular weight is 778 g/mol. The van der Waals surface area contributed by atoms with Gasteiger partial charge in [0.2, 0.25) is 0 Å². The van der Waals surface area contributed by atoms with Crippen LogP contribution in [-0.4, -0.2) is 90.4 Å². The summed E-state index contributed by atoms with van der Waals surface area (Å²) in [5, 5.41) is 41.8. The molecular weight excluding hydrogens is 757 g/mol. The molecule has 0 aliphatic carbocycles. The number of halogens is 3. The Kier molecular flexibility index (Phi) is 12.8. The molecule has 2 atom stereocenters. The summed E-state index contributed by atoms with van der Waals surface area (Å²) in [6.45, 7) is -2.01. The van der Waals surface area contributed by atoms with Gasteiger partial charge in [0.1, 0.15) is 5.75 Å². The molecule has 2 amide bonds. The van der Waals surface area contributed by atoms with Crippen LogP contribution in [0.5, 0.6) is 5.75 Å². The van der Waals surface area contributed by atoms with Crippen LogP contribution < -0.4 is 15.4 Å². The Morgan fingerprint density at radius 1 is 0.871 bits per heavy atom. The van der Waals surface area contributed by atoms with E-state index in [2.05, 4.69) is 15.4 Å². The quantitative estimate of drug-likeness (QED) is 0.125. The van der Waals surface area contributed by atoms with Gasteiger partial charge in [-0.15, -0.1) is 0 Å². The predicted molar refractivity (Wildman–Crippen MR) is 133 cm³/mol. The minimum atomic E-state index is -1.17. The van der Waals surface area contributed by atoms with Crippen LogP contribution in [0.3, 0.4) is 0 Å². The molecule has 0 heterocycles. The number of aliphatic hydroxyl groups excluding tert-OH is 4. The van der Waals surface area contributed by atoms with Crippen LogP contribution in [0, 0.1) is 10.7 Å². The van der Waals surface area contributed by atoms with Gasteiger partial charge in [0, 0.05) is 16.7 Å². The van der Waals surface area contributed by atoms with Crippen molar-refractivity contribution in [1.82, 2.24) is 10.6 Å². The molecule has 1 aromatic carbocycles. The molecule has 0 aliphatic rings. The Morgan fingerprint density at radius 3 is 1.65 bits per heavy atom. The standard InChI is InChI=1S/C17H21I3N2O9/c1-30-9(27)6-31-15-13(19)10(16(28)21-2-7(25)4-23)12(18)11(14(15)20)17(29)22-3-8(26)5-24/h7-8,23-26H,2-6H2,1H3,(H,21,28)(H,22,29). The van der Waals surface area contributed by atoms with Gasteiger partial charge in [-0.2, -0.15) is 0 Å². The second-order valence-electron chi connectivity index (χ2n) is 5.98. The first-order chi connectivity index (χ1) is 14.6. The maximum atomic E-state index is 12.8. The highest BCUT2D eigenvalue weighted by atomic mass is 127. The van der Waals surface area contributed by atoms with Gasteiger partial charge < -0.3 is 40.5 Å². The van der Waals surface area contributed by atoms with E-state index in [1.165, 1.54) is 7.11 Å². The van der Waals surface area contributed by atoms with Crippen LogP contribution in [0.4, 0.5) is 0 Å². The normalized spacial score (nSPS) is 12.6. The third-order valence-electron chi connectivity index (χ3n) is 3.71. The van der Waals surface area contributed by atoms with E-state index >= 15 is 0 Å². The van der Waals surface area contributed by atoms with Crippen molar-refractivity contribution in [2.45, 2.75) is 12.2 Å². The Labute approximate surface area is 218 Å². The molecule has 2 unspecified atom stereocenters. The Hall–Kier alpha value is -0.540. The SMILES string of the molecule is COC(=O)COc1c(I)c(C(=O)NCC(O)CO)c(I)c(C(=O)NCC(O)CO)c1I. The number of methoxy groups -OCH3 is 1. The van der Waals surface area contributed by atoms with Crippen LogP contribution in [0.25, 0.3) is 0 Å². The summed E-state index contributed by atoms with van der Waals surface area (Å²) in [6, 6.07) is 0. The lowest BCUT2D eigenvalue weighted by Gasteiger charge is -2.20. The van der Waals surface area contributed by atoms with Crippen LogP contribution >= 0.6 is 67.8 Å². The van der Waals surface area contributed by atoms with Crippen molar-refractivity contribution in [2.24, 2.45) is 0 Å². The molecule has 0 aromatic heterocycles. The monoisotopic (exact) mass is 778 g/mol. The third-order valence-corrected chi connectivity index (χ3v) is 6.85. The number of nitrogens with one attached hydrogen (secondary N) is 2. The molecule has 6 N–H and O–H groups in total. The van der Waals surface area contributed by atoms with Crippen LogP contribution in [0.2, 0.25) is 0 Å². The number of rotatable bonds is 11. The zero-order valence-electron chi connectivity index (χ0n) is 16.2. The van der Waals surface area contributed by atoms with Gasteiger partial charge in [0.25, 0.3) is 11.8 Å². The fraction of sp³-hybridized carbons (Fsp3) is 0.471. The second kappa shape index (κ2) is 13.9. The number of carbonyl (C=O) groups is 3. The van der Waals surface area contributed by atoms with Crippen molar-refractivity contribution >= 4 is 85.6 Å². The lowest BCUT2D eigenvalue weighted by Crippen LogP contribution is -2.37. The molecule has 31 heavy (non-hydrogen) atoms. The highest BCUT2D eigenvalue weighted by Crippen LogP contribution is 2.37. The molecule has 174 valence electrons. The maximum Gasteiger partial charge on any atom is 0.343 e. The molecule has 0 spiro atoms. The number of hydrogen-bond acceptors (Lipinski definition) is 9. The summed E-state index contributed by atoms with van der Waals surface area (Å²) >= 11 is 5.51. The number of amides is 2. The maximum absolute atomic E-state index is 12.8. The number of esters is 1. The van der Waals surface area contributed by atoms with Crippen molar-refractivity contribution in [3.63, 3.8) is 0 Å². The van der Waals surface area contributed by atoms with Crippen molar-refractivity contribution in [3.05, 3.63) is 21.8 Å². The first-order valence-corrected chi connectivity index (χ1v) is 11.9. The molecule has 0 bridgehead atoms. The third kappa shape index (κ3) is 8.07. The molecule has 0 aliphatic heterocycles.